The van der Waals surface area contributed by atoms with Gasteiger partial charge in [0.1, 0.15) is 5.75 Å². The zero-order valence-electron chi connectivity index (χ0n) is 12.0. The molecular weight excluding hydrogens is 278 g/mol. The molecule has 3 rings (SSSR count). The van der Waals surface area contributed by atoms with E-state index in [0.29, 0.717) is 5.56 Å². The van der Waals surface area contributed by atoms with Crippen molar-refractivity contribution < 1.29 is 14.6 Å². The Morgan fingerprint density at radius 3 is 2.32 bits per heavy atom. The van der Waals surface area contributed by atoms with Crippen molar-refractivity contribution in [2.24, 2.45) is 0 Å². The standard InChI is InChI=1S/C18H15NO3/c1-22-18(21)12-6-8-13(9-7-12)19-16-10-11-17(20)15-5-3-2-4-14(15)16/h2-11,19-20H,1H3. The van der Waals surface area contributed by atoms with E-state index in [4.69, 9.17) is 0 Å². The number of ether oxygens (including phenoxy) is 1. The Labute approximate surface area is 128 Å². The molecule has 4 heteroatoms. The van der Waals surface area contributed by atoms with Gasteiger partial charge >= 0.3 is 5.97 Å². The molecule has 0 radical (unpaired) electrons. The van der Waals surface area contributed by atoms with Crippen molar-refractivity contribution in [2.45, 2.75) is 0 Å². The third kappa shape index (κ3) is 2.59. The van der Waals surface area contributed by atoms with Gasteiger partial charge in [0.15, 0.2) is 0 Å². The molecule has 0 saturated heterocycles. The molecule has 22 heavy (non-hydrogen) atoms. The van der Waals surface area contributed by atoms with Gasteiger partial charge in [0.25, 0.3) is 0 Å². The van der Waals surface area contributed by atoms with Crippen molar-refractivity contribution in [1.29, 1.82) is 0 Å². The highest BCUT2D eigenvalue weighted by Crippen LogP contribution is 2.32. The van der Waals surface area contributed by atoms with Gasteiger partial charge in [-0.3, -0.25) is 0 Å². The van der Waals surface area contributed by atoms with Crippen LogP contribution in [0.2, 0.25) is 0 Å². The van der Waals surface area contributed by atoms with Crippen LogP contribution in [0.3, 0.4) is 0 Å². The number of benzene rings is 3. The number of rotatable bonds is 3. The first-order valence-electron chi connectivity index (χ1n) is 6.85. The van der Waals surface area contributed by atoms with Crippen molar-refractivity contribution in [3.05, 3.63) is 66.2 Å². The summed E-state index contributed by atoms with van der Waals surface area (Å²) in [7, 11) is 1.36. The van der Waals surface area contributed by atoms with Gasteiger partial charge in [-0.25, -0.2) is 4.79 Å². The number of hydrogen-bond donors (Lipinski definition) is 2. The Balaban J connectivity index is 1.93. The second-order valence-electron chi connectivity index (χ2n) is 4.87. The van der Waals surface area contributed by atoms with E-state index in [0.717, 1.165) is 22.1 Å². The van der Waals surface area contributed by atoms with Crippen molar-refractivity contribution in [1.82, 2.24) is 0 Å². The van der Waals surface area contributed by atoms with Gasteiger partial charge in [-0.15, -0.1) is 0 Å². The number of nitrogens with one attached hydrogen (secondary N) is 1. The smallest absolute Gasteiger partial charge is 0.337 e. The first kappa shape index (κ1) is 13.9. The number of aromatic hydroxyl groups is 1. The minimum Gasteiger partial charge on any atom is -0.507 e. The van der Waals surface area contributed by atoms with Crippen molar-refractivity contribution in [3.8, 4) is 5.75 Å². The zero-order chi connectivity index (χ0) is 15.5. The molecular formula is C18H15NO3. The van der Waals surface area contributed by atoms with E-state index in [-0.39, 0.29) is 11.7 Å². The van der Waals surface area contributed by atoms with Crippen molar-refractivity contribution in [2.75, 3.05) is 12.4 Å². The van der Waals surface area contributed by atoms with E-state index in [1.165, 1.54) is 7.11 Å². The molecule has 0 aliphatic heterocycles. The van der Waals surface area contributed by atoms with Crippen LogP contribution in [0.15, 0.2) is 60.7 Å². The molecule has 0 spiro atoms. The number of fused-ring (bicyclic) bond motifs is 1. The Bertz CT molecular complexity index is 825. The molecule has 0 fully saturated rings. The average Bonchev–Trinajstić information content (AvgIpc) is 2.57. The lowest BCUT2D eigenvalue weighted by Gasteiger charge is -2.11. The van der Waals surface area contributed by atoms with Crippen LogP contribution in [0.4, 0.5) is 11.4 Å². The number of hydrogen-bond acceptors (Lipinski definition) is 4. The number of phenols is 1. The summed E-state index contributed by atoms with van der Waals surface area (Å²) in [5, 5.41) is 14.9. The summed E-state index contributed by atoms with van der Waals surface area (Å²) < 4.78 is 4.68. The van der Waals surface area contributed by atoms with Gasteiger partial charge < -0.3 is 15.2 Å². The summed E-state index contributed by atoms with van der Waals surface area (Å²) in [5.74, 6) is -0.108. The fraction of sp³-hybridized carbons (Fsp3) is 0.0556. The van der Waals surface area contributed by atoms with Crippen molar-refractivity contribution >= 4 is 28.1 Å². The van der Waals surface area contributed by atoms with Gasteiger partial charge in [-0.2, -0.15) is 0 Å². The molecule has 0 amide bonds. The van der Waals surface area contributed by atoms with E-state index >= 15 is 0 Å². The Morgan fingerprint density at radius 2 is 1.64 bits per heavy atom. The van der Waals surface area contributed by atoms with Crippen LogP contribution in [0.1, 0.15) is 10.4 Å². The van der Waals surface area contributed by atoms with Crippen LogP contribution in [0.5, 0.6) is 5.75 Å². The van der Waals surface area contributed by atoms with Gasteiger partial charge in [-0.1, -0.05) is 24.3 Å². The quantitative estimate of drug-likeness (QED) is 0.564. The molecule has 0 saturated carbocycles. The van der Waals surface area contributed by atoms with Crippen LogP contribution in [0.25, 0.3) is 10.8 Å². The third-order valence-electron chi connectivity index (χ3n) is 3.49. The lowest BCUT2D eigenvalue weighted by molar-refractivity contribution is 0.0601. The monoisotopic (exact) mass is 293 g/mol. The van der Waals surface area contributed by atoms with E-state index in [1.54, 1.807) is 18.2 Å². The Kier molecular flexibility index (Phi) is 3.66. The maximum atomic E-state index is 11.4. The summed E-state index contributed by atoms with van der Waals surface area (Å²) in [6.07, 6.45) is 0. The fourth-order valence-corrected chi connectivity index (χ4v) is 2.36. The maximum Gasteiger partial charge on any atom is 0.337 e. The molecule has 3 aromatic rings. The van der Waals surface area contributed by atoms with Gasteiger partial charge in [-0.05, 0) is 36.4 Å². The maximum absolute atomic E-state index is 11.4. The van der Waals surface area contributed by atoms with E-state index in [1.807, 2.05) is 42.5 Å². The largest absolute Gasteiger partial charge is 0.507 e. The summed E-state index contributed by atoms with van der Waals surface area (Å²) in [6.45, 7) is 0. The van der Waals surface area contributed by atoms with E-state index < -0.39 is 0 Å². The normalized spacial score (nSPS) is 10.4. The molecule has 3 aromatic carbocycles. The highest BCUT2D eigenvalue weighted by atomic mass is 16.5. The number of phenolic OH excluding ortho intramolecular Hbond substituents is 1. The molecule has 0 unspecified atom stereocenters. The van der Waals surface area contributed by atoms with Crippen LogP contribution in [-0.4, -0.2) is 18.2 Å². The molecule has 0 heterocycles. The summed E-state index contributed by atoms with van der Waals surface area (Å²) in [6, 6.07) is 18.1. The van der Waals surface area contributed by atoms with Crippen LogP contribution < -0.4 is 5.32 Å². The highest BCUT2D eigenvalue weighted by molar-refractivity contribution is 5.99. The minimum atomic E-state index is -0.360. The summed E-state index contributed by atoms with van der Waals surface area (Å²) in [4.78, 5) is 11.4. The predicted molar refractivity (Wildman–Crippen MR) is 86.7 cm³/mol. The second-order valence-corrected chi connectivity index (χ2v) is 4.87. The van der Waals surface area contributed by atoms with E-state index in [2.05, 4.69) is 10.1 Å². The van der Waals surface area contributed by atoms with Gasteiger partial charge in [0.2, 0.25) is 0 Å². The van der Waals surface area contributed by atoms with Gasteiger partial charge in [0, 0.05) is 22.1 Å². The topological polar surface area (TPSA) is 58.6 Å². The number of methoxy groups -OCH3 is 1. The molecule has 0 aliphatic rings. The summed E-state index contributed by atoms with van der Waals surface area (Å²) in [5.41, 5.74) is 2.24. The van der Waals surface area contributed by atoms with Crippen LogP contribution in [-0.2, 0) is 4.74 Å². The second kappa shape index (κ2) is 5.77. The Hall–Kier alpha value is -3.01. The molecule has 0 aliphatic carbocycles. The SMILES string of the molecule is COC(=O)c1ccc(Nc2ccc(O)c3ccccc23)cc1. The first-order valence-corrected chi connectivity index (χ1v) is 6.85. The molecule has 0 atom stereocenters. The lowest BCUT2D eigenvalue weighted by atomic mass is 10.1. The summed E-state index contributed by atoms with van der Waals surface area (Å²) >= 11 is 0. The molecule has 110 valence electrons. The lowest BCUT2D eigenvalue weighted by Crippen LogP contribution is -2.01. The molecule has 2 N–H and O–H groups in total. The molecule has 0 aromatic heterocycles. The van der Waals surface area contributed by atoms with Crippen LogP contribution in [0, 0.1) is 0 Å². The predicted octanol–water partition coefficient (Wildman–Crippen LogP) is 4.08. The number of carbonyl (C=O) groups excluding carboxylic acids is 1. The number of anilines is 2. The van der Waals surface area contributed by atoms with Crippen LogP contribution >= 0.6 is 0 Å². The Morgan fingerprint density at radius 1 is 0.955 bits per heavy atom. The fourth-order valence-electron chi connectivity index (χ4n) is 2.36. The highest BCUT2D eigenvalue weighted by Gasteiger charge is 2.07. The zero-order valence-corrected chi connectivity index (χ0v) is 12.0. The number of carbonyl (C=O) groups is 1. The molecule has 4 nitrogen and oxygen atoms in total. The third-order valence-corrected chi connectivity index (χ3v) is 3.49. The minimum absolute atomic E-state index is 0.252. The first-order chi connectivity index (χ1) is 10.7. The number of esters is 1. The van der Waals surface area contributed by atoms with E-state index in [9.17, 15) is 9.90 Å². The van der Waals surface area contributed by atoms with Gasteiger partial charge in [0.05, 0.1) is 12.7 Å². The van der Waals surface area contributed by atoms with Crippen molar-refractivity contribution in [3.63, 3.8) is 0 Å². The average molecular weight is 293 g/mol. The molecule has 0 bridgehead atoms.